The van der Waals surface area contributed by atoms with Crippen molar-refractivity contribution >= 4 is 17.9 Å². The zero-order valence-electron chi connectivity index (χ0n) is 54.3. The van der Waals surface area contributed by atoms with Crippen LogP contribution >= 0.6 is 0 Å². The minimum atomic E-state index is -0.781. The van der Waals surface area contributed by atoms with Crippen molar-refractivity contribution in [2.75, 3.05) is 13.2 Å². The maximum absolute atomic E-state index is 13.0. The Morgan fingerprint density at radius 1 is 0.247 bits per heavy atom. The largest absolute Gasteiger partial charge is 0.462 e. The van der Waals surface area contributed by atoms with E-state index in [1.165, 1.54) is 263 Å². The van der Waals surface area contributed by atoms with Gasteiger partial charge in [0.1, 0.15) is 13.2 Å². The first-order valence-corrected chi connectivity index (χ1v) is 35.8. The highest BCUT2D eigenvalue weighted by molar-refractivity contribution is 5.71. The first kappa shape index (κ1) is 78.1. The van der Waals surface area contributed by atoms with Crippen LogP contribution in [0.3, 0.4) is 0 Å². The molecule has 0 aromatic rings. The van der Waals surface area contributed by atoms with Crippen LogP contribution in [-0.2, 0) is 28.6 Å². The SMILES string of the molecule is CCCCCCC/C=C\C/C=C\C/C=C\CCCCCCCCCCCCC(=O)OCC(COC(=O)CCCCCCC/C=C\CCCCCCCC)OC(=O)CCCCCCCCCCCCC/C=C\CCCCCCCCCC. The molecule has 6 heteroatoms. The fourth-order valence-corrected chi connectivity index (χ4v) is 10.6. The Balaban J connectivity index is 4.31. The lowest BCUT2D eigenvalue weighted by atomic mass is 10.0. The Morgan fingerprint density at radius 2 is 0.444 bits per heavy atom. The molecule has 0 aromatic heterocycles. The van der Waals surface area contributed by atoms with Gasteiger partial charge in [-0.3, -0.25) is 14.4 Å². The second-order valence-electron chi connectivity index (χ2n) is 24.1. The highest BCUT2D eigenvalue weighted by Gasteiger charge is 2.19. The van der Waals surface area contributed by atoms with E-state index >= 15 is 0 Å². The van der Waals surface area contributed by atoms with Gasteiger partial charge >= 0.3 is 17.9 Å². The number of carbonyl (C=O) groups is 3. The molecule has 0 aliphatic carbocycles. The first-order valence-electron chi connectivity index (χ1n) is 35.8. The van der Waals surface area contributed by atoms with Crippen molar-refractivity contribution in [2.45, 2.75) is 386 Å². The summed E-state index contributed by atoms with van der Waals surface area (Å²) in [5.74, 6) is -0.866. The summed E-state index contributed by atoms with van der Waals surface area (Å²) in [5.41, 5.74) is 0. The molecule has 0 saturated heterocycles. The number of hydrogen-bond donors (Lipinski definition) is 0. The minimum absolute atomic E-state index is 0.0766. The highest BCUT2D eigenvalue weighted by Crippen LogP contribution is 2.17. The standard InChI is InChI=1S/C75H136O6/c1-4-7-10-13-16-19-22-25-28-30-32-34-36-37-39-40-42-44-47-50-53-56-59-62-65-68-74(77)80-71-72(70-79-73(76)67-64-61-58-55-52-49-46-27-24-21-18-15-12-9-6-3)81-75(78)69-66-63-60-57-54-51-48-45-43-41-38-35-33-31-29-26-23-20-17-14-11-8-5-2/h22,25,27,30-33,36-37,46,72H,4-21,23-24,26,28-29,34-35,38-45,47-71H2,1-3H3/b25-22-,32-30-,33-31-,37-36-,46-27-. The smallest absolute Gasteiger partial charge is 0.306 e. The summed E-state index contributed by atoms with van der Waals surface area (Å²) >= 11 is 0. The quantitative estimate of drug-likeness (QED) is 0.0261. The molecular weight excluding hydrogens is 997 g/mol. The molecule has 0 heterocycles. The molecule has 0 spiro atoms. The van der Waals surface area contributed by atoms with Gasteiger partial charge in [-0.1, -0.05) is 313 Å². The molecule has 0 saturated carbocycles. The van der Waals surface area contributed by atoms with Gasteiger partial charge in [-0.2, -0.15) is 0 Å². The summed E-state index contributed by atoms with van der Waals surface area (Å²) < 4.78 is 17.0. The van der Waals surface area contributed by atoms with Crippen LogP contribution in [0.5, 0.6) is 0 Å². The lowest BCUT2D eigenvalue weighted by Gasteiger charge is -2.18. The first-order chi connectivity index (χ1) is 40.0. The molecule has 1 unspecified atom stereocenters. The van der Waals surface area contributed by atoms with Crippen molar-refractivity contribution in [3.63, 3.8) is 0 Å². The van der Waals surface area contributed by atoms with E-state index in [2.05, 4.69) is 81.5 Å². The summed E-state index contributed by atoms with van der Waals surface area (Å²) in [6.45, 7) is 6.67. The van der Waals surface area contributed by atoms with E-state index in [-0.39, 0.29) is 31.1 Å². The van der Waals surface area contributed by atoms with E-state index in [4.69, 9.17) is 14.2 Å². The summed E-state index contributed by atoms with van der Waals surface area (Å²) in [6.07, 6.45) is 89.6. The number of carbonyl (C=O) groups excluding carboxylic acids is 3. The molecule has 0 aliphatic heterocycles. The predicted molar refractivity (Wildman–Crippen MR) is 353 cm³/mol. The van der Waals surface area contributed by atoms with E-state index < -0.39 is 6.10 Å². The molecule has 0 aromatic carbocycles. The van der Waals surface area contributed by atoms with Gasteiger partial charge < -0.3 is 14.2 Å². The molecule has 0 radical (unpaired) electrons. The van der Waals surface area contributed by atoms with Crippen LogP contribution in [0, 0.1) is 0 Å². The Bertz CT molecular complexity index is 1440. The maximum Gasteiger partial charge on any atom is 0.306 e. The van der Waals surface area contributed by atoms with Crippen molar-refractivity contribution in [1.82, 2.24) is 0 Å². The van der Waals surface area contributed by atoms with E-state index in [0.717, 1.165) is 77.0 Å². The molecule has 0 bridgehead atoms. The molecule has 0 rings (SSSR count). The maximum atomic E-state index is 13.0. The van der Waals surface area contributed by atoms with Crippen LogP contribution in [0.1, 0.15) is 380 Å². The van der Waals surface area contributed by atoms with Gasteiger partial charge in [0.2, 0.25) is 0 Å². The molecular formula is C75H136O6. The van der Waals surface area contributed by atoms with Crippen molar-refractivity contribution in [2.24, 2.45) is 0 Å². The molecule has 0 aliphatic rings. The fraction of sp³-hybridized carbons (Fsp3) is 0.827. The molecule has 1 atom stereocenters. The van der Waals surface area contributed by atoms with E-state index in [9.17, 15) is 14.4 Å². The third-order valence-electron chi connectivity index (χ3n) is 16.0. The molecule has 0 fully saturated rings. The molecule has 472 valence electrons. The second-order valence-corrected chi connectivity index (χ2v) is 24.1. The van der Waals surface area contributed by atoms with E-state index in [1.54, 1.807) is 0 Å². The predicted octanol–water partition coefficient (Wildman–Crippen LogP) is 24.7. The van der Waals surface area contributed by atoms with E-state index in [0.29, 0.717) is 19.3 Å². The Hall–Kier alpha value is -2.89. The molecule has 0 amide bonds. The summed E-state index contributed by atoms with van der Waals surface area (Å²) in [7, 11) is 0. The number of ether oxygens (including phenoxy) is 3. The van der Waals surface area contributed by atoms with Crippen LogP contribution in [0.2, 0.25) is 0 Å². The molecule has 0 N–H and O–H groups in total. The summed E-state index contributed by atoms with van der Waals surface area (Å²) in [6, 6.07) is 0. The van der Waals surface area contributed by atoms with Crippen molar-refractivity contribution in [1.29, 1.82) is 0 Å². The zero-order valence-corrected chi connectivity index (χ0v) is 54.3. The number of unbranched alkanes of at least 4 members (excludes halogenated alkanes) is 45. The summed E-state index contributed by atoms with van der Waals surface area (Å²) in [5, 5.41) is 0. The average Bonchev–Trinajstić information content (AvgIpc) is 3.47. The topological polar surface area (TPSA) is 78.9 Å². The van der Waals surface area contributed by atoms with Crippen LogP contribution in [0.25, 0.3) is 0 Å². The van der Waals surface area contributed by atoms with Crippen molar-refractivity contribution in [3.8, 4) is 0 Å². The van der Waals surface area contributed by atoms with Crippen LogP contribution < -0.4 is 0 Å². The third kappa shape index (κ3) is 67.8. The van der Waals surface area contributed by atoms with Gasteiger partial charge in [0.25, 0.3) is 0 Å². The Labute approximate surface area is 504 Å². The van der Waals surface area contributed by atoms with Gasteiger partial charge in [0, 0.05) is 19.3 Å². The van der Waals surface area contributed by atoms with Gasteiger partial charge in [-0.15, -0.1) is 0 Å². The van der Waals surface area contributed by atoms with Gasteiger partial charge in [-0.25, -0.2) is 0 Å². The minimum Gasteiger partial charge on any atom is -0.462 e. The number of allylic oxidation sites excluding steroid dienone is 10. The lowest BCUT2D eigenvalue weighted by Crippen LogP contribution is -2.30. The van der Waals surface area contributed by atoms with Gasteiger partial charge in [0.15, 0.2) is 6.10 Å². The second kappa shape index (κ2) is 69.6. The Kier molecular flexibility index (Phi) is 67.1. The van der Waals surface area contributed by atoms with Crippen LogP contribution in [0.4, 0.5) is 0 Å². The average molecular weight is 1130 g/mol. The Morgan fingerprint density at radius 3 is 0.704 bits per heavy atom. The zero-order chi connectivity index (χ0) is 58.5. The van der Waals surface area contributed by atoms with Gasteiger partial charge in [-0.05, 0) is 109 Å². The highest BCUT2D eigenvalue weighted by atomic mass is 16.6. The van der Waals surface area contributed by atoms with Crippen molar-refractivity contribution in [3.05, 3.63) is 60.8 Å². The van der Waals surface area contributed by atoms with Crippen LogP contribution in [0.15, 0.2) is 60.8 Å². The summed E-state index contributed by atoms with van der Waals surface area (Å²) in [4.78, 5) is 38.5. The number of hydrogen-bond acceptors (Lipinski definition) is 6. The third-order valence-corrected chi connectivity index (χ3v) is 16.0. The number of rotatable bonds is 66. The fourth-order valence-electron chi connectivity index (χ4n) is 10.6. The molecule has 81 heavy (non-hydrogen) atoms. The monoisotopic (exact) mass is 1130 g/mol. The van der Waals surface area contributed by atoms with Crippen molar-refractivity contribution < 1.29 is 28.6 Å². The normalized spacial score (nSPS) is 12.4. The lowest BCUT2D eigenvalue weighted by molar-refractivity contribution is -0.167. The van der Waals surface area contributed by atoms with Gasteiger partial charge in [0.05, 0.1) is 0 Å². The number of esters is 3. The van der Waals surface area contributed by atoms with E-state index in [1.807, 2.05) is 0 Å². The molecule has 6 nitrogen and oxygen atoms in total. The van der Waals surface area contributed by atoms with Crippen LogP contribution in [-0.4, -0.2) is 37.2 Å².